The monoisotopic (exact) mass is 176 g/mol. The number of nitrogens with two attached hydrogens (primary N) is 2. The van der Waals surface area contributed by atoms with Crippen molar-refractivity contribution in [2.24, 2.45) is 11.5 Å². The number of hydrogen-bond donors (Lipinski definition) is 4. The molecule has 0 unspecified atom stereocenters. The lowest BCUT2D eigenvalue weighted by Crippen LogP contribution is -2.51. The van der Waals surface area contributed by atoms with Crippen LogP contribution < -0.4 is 11.5 Å². The molecule has 0 aromatic rings. The first-order valence-electron chi connectivity index (χ1n) is 3.90. The summed E-state index contributed by atoms with van der Waals surface area (Å²) in [5, 5.41) is 17.3. The first-order chi connectivity index (χ1) is 5.56. The van der Waals surface area contributed by atoms with Gasteiger partial charge in [-0.05, 0) is 25.8 Å². The van der Waals surface area contributed by atoms with Crippen molar-refractivity contribution in [1.29, 1.82) is 0 Å². The van der Waals surface area contributed by atoms with E-state index >= 15 is 0 Å². The fourth-order valence-corrected chi connectivity index (χ4v) is 0.838. The molecule has 0 saturated heterocycles. The van der Waals surface area contributed by atoms with Crippen molar-refractivity contribution in [3.63, 3.8) is 0 Å². The second-order valence-electron chi connectivity index (χ2n) is 2.87. The normalized spacial score (nSPS) is 15.6. The summed E-state index contributed by atoms with van der Waals surface area (Å²) in [6, 6.07) is 0. The van der Waals surface area contributed by atoms with E-state index in [0.29, 0.717) is 13.0 Å². The van der Waals surface area contributed by atoms with Gasteiger partial charge in [0, 0.05) is 0 Å². The summed E-state index contributed by atoms with van der Waals surface area (Å²) < 4.78 is 0. The van der Waals surface area contributed by atoms with Gasteiger partial charge in [0.05, 0.1) is 6.61 Å². The second kappa shape index (κ2) is 5.08. The topological polar surface area (TPSA) is 110 Å². The number of carboxylic acid groups (broad SMARTS) is 1. The molecule has 0 heterocycles. The maximum Gasteiger partial charge on any atom is 0.326 e. The highest BCUT2D eigenvalue weighted by molar-refractivity contribution is 5.78. The van der Waals surface area contributed by atoms with Crippen LogP contribution in [0.5, 0.6) is 0 Å². The Balaban J connectivity index is 3.88. The number of rotatable bonds is 6. The highest BCUT2D eigenvalue weighted by Crippen LogP contribution is 2.10. The molecule has 72 valence electrons. The van der Waals surface area contributed by atoms with Crippen LogP contribution >= 0.6 is 0 Å². The van der Waals surface area contributed by atoms with E-state index in [1.54, 1.807) is 0 Å². The van der Waals surface area contributed by atoms with E-state index in [-0.39, 0.29) is 6.42 Å². The van der Waals surface area contributed by atoms with E-state index in [0.717, 1.165) is 6.42 Å². The van der Waals surface area contributed by atoms with Gasteiger partial charge in [0.25, 0.3) is 0 Å². The number of unbranched alkanes of at least 4 members (excludes halogenated alkanes) is 1. The standard InChI is InChI=1S/C7H16N2O3/c8-4-2-1-3-7(9,5-10)6(11)12/h10H,1-5,8-9H2,(H,11,12)/t7-/m1/s1. The Morgan fingerprint density at radius 1 is 1.42 bits per heavy atom. The molecule has 0 saturated carbocycles. The van der Waals surface area contributed by atoms with Crippen LogP contribution in [0.1, 0.15) is 19.3 Å². The lowest BCUT2D eigenvalue weighted by molar-refractivity contribution is -0.145. The first kappa shape index (κ1) is 11.4. The largest absolute Gasteiger partial charge is 0.480 e. The Labute approximate surface area is 71.4 Å². The summed E-state index contributed by atoms with van der Waals surface area (Å²) in [5.74, 6) is -1.16. The van der Waals surface area contributed by atoms with Crippen molar-refractivity contribution in [3.8, 4) is 0 Å². The molecular formula is C7H16N2O3. The number of aliphatic hydroxyl groups excluding tert-OH is 1. The van der Waals surface area contributed by atoms with E-state index in [2.05, 4.69) is 0 Å². The summed E-state index contributed by atoms with van der Waals surface area (Å²) in [7, 11) is 0. The molecule has 0 amide bonds. The van der Waals surface area contributed by atoms with Gasteiger partial charge in [0.2, 0.25) is 0 Å². The van der Waals surface area contributed by atoms with Gasteiger partial charge in [-0.25, -0.2) is 0 Å². The zero-order chi connectivity index (χ0) is 9.61. The molecule has 0 aromatic heterocycles. The van der Waals surface area contributed by atoms with Crippen molar-refractivity contribution >= 4 is 5.97 Å². The molecular weight excluding hydrogens is 160 g/mol. The van der Waals surface area contributed by atoms with E-state index in [1.807, 2.05) is 0 Å². The van der Waals surface area contributed by atoms with Gasteiger partial charge in [-0.1, -0.05) is 0 Å². The maximum absolute atomic E-state index is 10.5. The smallest absolute Gasteiger partial charge is 0.326 e. The predicted octanol–water partition coefficient (Wildman–Crippen LogP) is -1.11. The lowest BCUT2D eigenvalue weighted by Gasteiger charge is -2.21. The van der Waals surface area contributed by atoms with Crippen molar-refractivity contribution in [3.05, 3.63) is 0 Å². The Bertz CT molecular complexity index is 152. The number of carbonyl (C=O) groups is 1. The van der Waals surface area contributed by atoms with E-state index in [1.165, 1.54) is 0 Å². The fourth-order valence-electron chi connectivity index (χ4n) is 0.838. The average molecular weight is 176 g/mol. The highest BCUT2D eigenvalue weighted by atomic mass is 16.4. The third-order valence-corrected chi connectivity index (χ3v) is 1.79. The van der Waals surface area contributed by atoms with E-state index in [4.69, 9.17) is 21.7 Å². The molecule has 0 fully saturated rings. The van der Waals surface area contributed by atoms with E-state index in [9.17, 15) is 4.79 Å². The van der Waals surface area contributed by atoms with Gasteiger partial charge in [0.15, 0.2) is 0 Å². The molecule has 5 heteroatoms. The number of aliphatic hydroxyl groups is 1. The Morgan fingerprint density at radius 2 is 2.00 bits per heavy atom. The van der Waals surface area contributed by atoms with Gasteiger partial charge in [-0.3, -0.25) is 4.79 Å². The van der Waals surface area contributed by atoms with Crippen molar-refractivity contribution in [2.45, 2.75) is 24.8 Å². The lowest BCUT2D eigenvalue weighted by atomic mass is 9.95. The second-order valence-corrected chi connectivity index (χ2v) is 2.87. The molecule has 0 aliphatic carbocycles. The fraction of sp³-hybridized carbons (Fsp3) is 0.857. The van der Waals surface area contributed by atoms with E-state index < -0.39 is 18.1 Å². The highest BCUT2D eigenvalue weighted by Gasteiger charge is 2.32. The molecule has 0 aliphatic heterocycles. The van der Waals surface area contributed by atoms with Gasteiger partial charge in [-0.2, -0.15) is 0 Å². The van der Waals surface area contributed by atoms with Gasteiger partial charge in [0.1, 0.15) is 5.54 Å². The summed E-state index contributed by atoms with van der Waals surface area (Å²) in [6.45, 7) is -0.0198. The number of hydrogen-bond acceptors (Lipinski definition) is 4. The number of carboxylic acids is 1. The Hall–Kier alpha value is -0.650. The van der Waals surface area contributed by atoms with Crippen LogP contribution in [0.25, 0.3) is 0 Å². The van der Waals surface area contributed by atoms with Crippen molar-refractivity contribution in [2.75, 3.05) is 13.2 Å². The third-order valence-electron chi connectivity index (χ3n) is 1.79. The van der Waals surface area contributed by atoms with Crippen molar-refractivity contribution < 1.29 is 15.0 Å². The van der Waals surface area contributed by atoms with Crippen LogP contribution in [0.3, 0.4) is 0 Å². The summed E-state index contributed by atoms with van der Waals surface area (Å²) in [4.78, 5) is 10.5. The Morgan fingerprint density at radius 3 is 2.33 bits per heavy atom. The molecule has 6 N–H and O–H groups in total. The van der Waals surface area contributed by atoms with Gasteiger partial charge >= 0.3 is 5.97 Å². The molecule has 12 heavy (non-hydrogen) atoms. The molecule has 0 rings (SSSR count). The summed E-state index contributed by atoms with van der Waals surface area (Å²) in [5.41, 5.74) is 9.12. The van der Waals surface area contributed by atoms with Gasteiger partial charge < -0.3 is 21.7 Å². The minimum atomic E-state index is -1.49. The minimum absolute atomic E-state index is 0.260. The van der Waals surface area contributed by atoms with Crippen LogP contribution in [0, 0.1) is 0 Å². The van der Waals surface area contributed by atoms with Crippen LogP contribution in [0.15, 0.2) is 0 Å². The summed E-state index contributed by atoms with van der Waals surface area (Å²) >= 11 is 0. The zero-order valence-corrected chi connectivity index (χ0v) is 6.99. The molecule has 0 spiro atoms. The zero-order valence-electron chi connectivity index (χ0n) is 6.99. The van der Waals surface area contributed by atoms with Crippen molar-refractivity contribution in [1.82, 2.24) is 0 Å². The predicted molar refractivity (Wildman–Crippen MR) is 44.5 cm³/mol. The minimum Gasteiger partial charge on any atom is -0.480 e. The van der Waals surface area contributed by atoms with Gasteiger partial charge in [-0.15, -0.1) is 0 Å². The van der Waals surface area contributed by atoms with Crippen LogP contribution in [-0.4, -0.2) is 34.9 Å². The molecule has 0 radical (unpaired) electrons. The number of aliphatic carboxylic acids is 1. The molecule has 0 bridgehead atoms. The quantitative estimate of drug-likeness (QED) is 0.384. The van der Waals surface area contributed by atoms with Crippen LogP contribution in [0.4, 0.5) is 0 Å². The Kier molecular flexibility index (Phi) is 4.80. The first-order valence-corrected chi connectivity index (χ1v) is 3.90. The maximum atomic E-state index is 10.5. The average Bonchev–Trinajstić information content (AvgIpc) is 2.04. The molecule has 0 aliphatic rings. The third kappa shape index (κ3) is 3.17. The molecule has 0 aromatic carbocycles. The summed E-state index contributed by atoms with van der Waals surface area (Å²) in [6.07, 6.45) is 1.61. The van der Waals surface area contributed by atoms with Crippen LogP contribution in [0.2, 0.25) is 0 Å². The SMILES string of the molecule is NCCCC[C@@](N)(CO)C(=O)O. The molecule has 5 nitrogen and oxygen atoms in total. The van der Waals surface area contributed by atoms with Crippen LogP contribution in [-0.2, 0) is 4.79 Å². The molecule has 1 atom stereocenters.